The molecule has 0 unspecified atom stereocenters. The molecule has 0 bridgehead atoms. The van der Waals surface area contributed by atoms with Crippen molar-refractivity contribution in [2.45, 2.75) is 25.3 Å². The highest BCUT2D eigenvalue weighted by Gasteiger charge is 2.38. The molecule has 37 heavy (non-hydrogen) atoms. The second kappa shape index (κ2) is 10.6. The number of rotatable bonds is 9. The van der Waals surface area contributed by atoms with E-state index in [-0.39, 0.29) is 40.5 Å². The number of anilines is 1. The zero-order valence-electron chi connectivity index (χ0n) is 19.7. The quantitative estimate of drug-likeness (QED) is 0.199. The summed E-state index contributed by atoms with van der Waals surface area (Å²) < 4.78 is 57.8. The average molecular weight is 531 g/mol. The number of aromatic nitrogens is 3. The Bertz CT molecular complexity index is 1460. The van der Waals surface area contributed by atoms with E-state index < -0.39 is 30.1 Å². The van der Waals surface area contributed by atoms with E-state index in [4.69, 9.17) is 5.41 Å². The van der Waals surface area contributed by atoms with Gasteiger partial charge < -0.3 is 10.6 Å². The Hall–Kier alpha value is -3.93. The first-order chi connectivity index (χ1) is 17.6. The molecule has 0 aliphatic heterocycles. The van der Waals surface area contributed by atoms with E-state index in [9.17, 15) is 21.9 Å². The molecule has 1 amide bonds. The molecule has 0 aliphatic rings. The first-order valence-corrected chi connectivity index (χ1v) is 11.8. The minimum Gasteiger partial charge on any atom is -0.387 e. The van der Waals surface area contributed by atoms with Crippen LogP contribution >= 0.6 is 12.3 Å². The number of fused-ring (bicyclic) bond motifs is 1. The van der Waals surface area contributed by atoms with Gasteiger partial charge in [0.2, 0.25) is 0 Å². The summed E-state index contributed by atoms with van der Waals surface area (Å²) in [7, 11) is 1.57. The topological polar surface area (TPSA) is 95.7 Å². The molecule has 2 heterocycles. The lowest BCUT2D eigenvalue weighted by Gasteiger charge is -2.24. The summed E-state index contributed by atoms with van der Waals surface area (Å²) in [5.41, 5.74) is 0.672. The molecule has 0 saturated carbocycles. The predicted molar refractivity (Wildman–Crippen MR) is 136 cm³/mol. The van der Waals surface area contributed by atoms with Crippen LogP contribution in [0.1, 0.15) is 34.1 Å². The first-order valence-electron chi connectivity index (χ1n) is 11.1. The van der Waals surface area contributed by atoms with Crippen LogP contribution in [0.4, 0.5) is 22.7 Å². The summed E-state index contributed by atoms with van der Waals surface area (Å²) in [6.45, 7) is 1.19. The number of carbonyl (C=O) groups excluding carboxylic acids is 1. The molecule has 192 valence electrons. The lowest BCUT2D eigenvalue weighted by atomic mass is 10.0. The van der Waals surface area contributed by atoms with Crippen LogP contribution in [0.2, 0.25) is 0 Å². The highest BCUT2D eigenvalue weighted by molar-refractivity contribution is 7.92. The number of amides is 1. The molecule has 4 aromatic rings. The van der Waals surface area contributed by atoms with Crippen LogP contribution in [0.3, 0.4) is 0 Å². The summed E-state index contributed by atoms with van der Waals surface area (Å²) in [5, 5.41) is 13.6. The Kier molecular flexibility index (Phi) is 7.48. The zero-order chi connectivity index (χ0) is 26.7. The van der Waals surface area contributed by atoms with Gasteiger partial charge in [-0.05, 0) is 30.7 Å². The second-order valence-electron chi connectivity index (χ2n) is 8.30. The van der Waals surface area contributed by atoms with Gasteiger partial charge in [-0.25, -0.2) is 27.1 Å². The Morgan fingerprint density at radius 1 is 1.19 bits per heavy atom. The largest absolute Gasteiger partial charge is 0.387 e. The van der Waals surface area contributed by atoms with Crippen LogP contribution in [0.15, 0.2) is 60.9 Å². The van der Waals surface area contributed by atoms with Crippen molar-refractivity contribution in [3.63, 3.8) is 0 Å². The van der Waals surface area contributed by atoms with Gasteiger partial charge >= 0.3 is 0 Å². The number of halogens is 4. The minimum absolute atomic E-state index is 0.0220. The molecule has 0 saturated heterocycles. The zero-order valence-corrected chi connectivity index (χ0v) is 20.5. The standard InChI is InChI=1S/C25H22F4N6OS/c1-14(25(27,28)11-15-6-4-3-5-7-15)33-24(36)18-13-35(37-29)23-22(18)34-20(12-32-23)21(30)17-9-8-16(26)10-19(17)31-2/h3-10,12-14,30-31H,11H2,1-2H3,(H,33,36)/t14-/m1/s1. The molecule has 0 spiro atoms. The molecule has 3 N–H and O–H groups in total. The fourth-order valence-electron chi connectivity index (χ4n) is 3.78. The number of carbonyl (C=O) groups is 1. The van der Waals surface area contributed by atoms with Gasteiger partial charge in [-0.3, -0.25) is 10.2 Å². The third-order valence-electron chi connectivity index (χ3n) is 5.82. The number of nitrogens with one attached hydrogen (secondary N) is 3. The predicted octanol–water partition coefficient (Wildman–Crippen LogP) is 5.41. The van der Waals surface area contributed by atoms with Gasteiger partial charge in [-0.1, -0.05) is 30.3 Å². The van der Waals surface area contributed by atoms with E-state index in [1.54, 1.807) is 37.4 Å². The van der Waals surface area contributed by atoms with Crippen LogP contribution in [0.25, 0.3) is 11.2 Å². The molecule has 4 rings (SSSR count). The molecule has 0 radical (unpaired) electrons. The van der Waals surface area contributed by atoms with Crippen LogP contribution in [0.5, 0.6) is 0 Å². The third-order valence-corrected chi connectivity index (χ3v) is 6.25. The molecule has 1 atom stereocenters. The minimum atomic E-state index is -3.27. The Labute approximate surface area is 214 Å². The summed E-state index contributed by atoms with van der Waals surface area (Å²) in [6.07, 6.45) is 1.75. The van der Waals surface area contributed by atoms with Gasteiger partial charge in [-0.15, -0.1) is 3.89 Å². The number of hydrogen-bond donors (Lipinski definition) is 3. The van der Waals surface area contributed by atoms with E-state index in [1.165, 1.54) is 31.3 Å². The fraction of sp³-hybridized carbons (Fsp3) is 0.200. The fourth-order valence-corrected chi connectivity index (χ4v) is 4.13. The van der Waals surface area contributed by atoms with E-state index in [2.05, 4.69) is 20.6 Å². The SMILES string of the molecule is CNc1cc(F)ccc1C(=N)c1cnc2c(n1)c(C(=O)N[C@H](C)C(F)(F)Cc1ccccc1)cn2SF. The van der Waals surface area contributed by atoms with Crippen molar-refractivity contribution >= 4 is 40.8 Å². The molecule has 2 aromatic carbocycles. The molecule has 12 heteroatoms. The van der Waals surface area contributed by atoms with E-state index in [1.807, 2.05) is 0 Å². The molecular formula is C25H22F4N6OS. The van der Waals surface area contributed by atoms with Gasteiger partial charge in [0.25, 0.3) is 11.8 Å². The average Bonchev–Trinajstić information content (AvgIpc) is 3.26. The van der Waals surface area contributed by atoms with Crippen molar-refractivity contribution in [2.24, 2.45) is 0 Å². The maximum absolute atomic E-state index is 14.8. The lowest BCUT2D eigenvalue weighted by molar-refractivity contribution is -0.0290. The highest BCUT2D eigenvalue weighted by atomic mass is 32.2. The number of alkyl halides is 2. The molecule has 0 aliphatic carbocycles. The van der Waals surface area contributed by atoms with Crippen molar-refractivity contribution in [1.82, 2.24) is 19.3 Å². The van der Waals surface area contributed by atoms with Gasteiger partial charge in [0, 0.05) is 30.9 Å². The van der Waals surface area contributed by atoms with Crippen molar-refractivity contribution in [3.8, 4) is 0 Å². The number of benzene rings is 2. The lowest BCUT2D eigenvalue weighted by Crippen LogP contribution is -2.46. The Morgan fingerprint density at radius 3 is 2.59 bits per heavy atom. The maximum atomic E-state index is 14.8. The summed E-state index contributed by atoms with van der Waals surface area (Å²) in [5.74, 6) is -4.67. The van der Waals surface area contributed by atoms with E-state index in [0.29, 0.717) is 16.8 Å². The summed E-state index contributed by atoms with van der Waals surface area (Å²) in [4.78, 5) is 21.5. The van der Waals surface area contributed by atoms with Gasteiger partial charge in [-0.2, -0.15) is 0 Å². The van der Waals surface area contributed by atoms with E-state index >= 15 is 0 Å². The van der Waals surface area contributed by atoms with Crippen molar-refractivity contribution in [2.75, 3.05) is 12.4 Å². The highest BCUT2D eigenvalue weighted by Crippen LogP contribution is 2.27. The first kappa shape index (κ1) is 26.1. The number of hydrogen-bond acceptors (Lipinski definition) is 6. The monoisotopic (exact) mass is 530 g/mol. The van der Waals surface area contributed by atoms with Crippen molar-refractivity contribution in [1.29, 1.82) is 5.41 Å². The van der Waals surface area contributed by atoms with Crippen LogP contribution in [-0.2, 0) is 6.42 Å². The third kappa shape index (κ3) is 5.43. The Balaban J connectivity index is 1.65. The molecule has 7 nitrogen and oxygen atoms in total. The van der Waals surface area contributed by atoms with Crippen LogP contribution < -0.4 is 10.6 Å². The second-order valence-corrected chi connectivity index (χ2v) is 8.83. The van der Waals surface area contributed by atoms with Gasteiger partial charge in [0.05, 0.1) is 23.5 Å². The van der Waals surface area contributed by atoms with Crippen LogP contribution in [-0.4, -0.2) is 44.6 Å². The van der Waals surface area contributed by atoms with Crippen molar-refractivity contribution in [3.05, 3.63) is 89.1 Å². The normalized spacial score (nSPS) is 12.4. The van der Waals surface area contributed by atoms with Gasteiger partial charge in [0.15, 0.2) is 18.0 Å². The molecular weight excluding hydrogens is 508 g/mol. The van der Waals surface area contributed by atoms with Crippen LogP contribution in [0, 0.1) is 11.2 Å². The maximum Gasteiger partial charge on any atom is 0.271 e. The molecule has 2 aromatic heterocycles. The Morgan fingerprint density at radius 2 is 1.92 bits per heavy atom. The van der Waals surface area contributed by atoms with E-state index in [0.717, 1.165) is 10.2 Å². The van der Waals surface area contributed by atoms with Gasteiger partial charge in [0.1, 0.15) is 17.0 Å². The smallest absolute Gasteiger partial charge is 0.271 e. The van der Waals surface area contributed by atoms with Crippen molar-refractivity contribution < 1.29 is 21.9 Å². The summed E-state index contributed by atoms with van der Waals surface area (Å²) in [6, 6.07) is 10.4. The molecule has 0 fully saturated rings. The number of nitrogens with zero attached hydrogens (tertiary/aromatic N) is 3. The summed E-state index contributed by atoms with van der Waals surface area (Å²) >= 11 is -0.238.